The van der Waals surface area contributed by atoms with Crippen molar-refractivity contribution in [3.05, 3.63) is 23.8 Å². The number of methoxy groups -OCH3 is 1. The average Bonchev–Trinajstić information content (AvgIpc) is 3.18. The largest absolute Gasteiger partial charge is 0.493 e. The Morgan fingerprint density at radius 1 is 1.23 bits per heavy atom. The molecule has 0 unspecified atom stereocenters. The number of ether oxygens (including phenoxy) is 2. The van der Waals surface area contributed by atoms with E-state index in [1.807, 2.05) is 23.9 Å². The van der Waals surface area contributed by atoms with Gasteiger partial charge in [-0.2, -0.15) is 11.8 Å². The van der Waals surface area contributed by atoms with Crippen molar-refractivity contribution in [2.24, 2.45) is 4.99 Å². The van der Waals surface area contributed by atoms with Crippen molar-refractivity contribution in [1.82, 2.24) is 10.6 Å². The first-order valence-electron chi connectivity index (χ1n) is 9.54. The second-order valence-electron chi connectivity index (χ2n) is 6.53. The van der Waals surface area contributed by atoms with Crippen LogP contribution >= 0.6 is 11.8 Å². The number of rotatable bonds is 10. The maximum atomic E-state index is 6.29. The van der Waals surface area contributed by atoms with Crippen LogP contribution in [0.3, 0.4) is 0 Å². The molecule has 1 saturated carbocycles. The fourth-order valence-corrected chi connectivity index (χ4v) is 3.64. The summed E-state index contributed by atoms with van der Waals surface area (Å²) in [5.74, 6) is 3.70. The maximum Gasteiger partial charge on any atom is 0.191 e. The van der Waals surface area contributed by atoms with Crippen molar-refractivity contribution in [3.63, 3.8) is 0 Å². The van der Waals surface area contributed by atoms with Crippen LogP contribution in [-0.2, 0) is 6.54 Å². The third-order valence-electron chi connectivity index (χ3n) is 4.60. The summed E-state index contributed by atoms with van der Waals surface area (Å²) in [5.41, 5.74) is 1.10. The van der Waals surface area contributed by atoms with Gasteiger partial charge in [0.25, 0.3) is 0 Å². The molecule has 1 aromatic rings. The lowest BCUT2D eigenvalue weighted by Gasteiger charge is -2.20. The zero-order chi connectivity index (χ0) is 18.6. The highest BCUT2D eigenvalue weighted by Gasteiger charge is 2.20. The molecule has 0 radical (unpaired) electrons. The van der Waals surface area contributed by atoms with Gasteiger partial charge in [-0.15, -0.1) is 0 Å². The third kappa shape index (κ3) is 6.63. The quantitative estimate of drug-likeness (QED) is 0.368. The molecule has 1 aliphatic rings. The molecule has 5 nitrogen and oxygen atoms in total. The third-order valence-corrected chi connectivity index (χ3v) is 5.30. The Hall–Kier alpha value is -1.56. The Labute approximate surface area is 162 Å². The van der Waals surface area contributed by atoms with Gasteiger partial charge in [0.15, 0.2) is 17.5 Å². The van der Waals surface area contributed by atoms with E-state index in [-0.39, 0.29) is 0 Å². The second kappa shape index (κ2) is 11.9. The summed E-state index contributed by atoms with van der Waals surface area (Å²) < 4.78 is 11.8. The molecular formula is C20H33N3O2S. The molecule has 0 bridgehead atoms. The SMILES string of the molecule is CN=C(NCCCCSC)NCc1cccc(OC)c1OC1CCCC1. The van der Waals surface area contributed by atoms with E-state index in [9.17, 15) is 0 Å². The molecule has 146 valence electrons. The standard InChI is InChI=1S/C20H33N3O2S/c1-21-20(22-13-6-7-14-26-3)23-15-16-9-8-12-18(24-2)19(16)25-17-10-4-5-11-17/h8-9,12,17H,4-7,10-11,13-15H2,1-3H3,(H2,21,22,23). The molecule has 0 heterocycles. The van der Waals surface area contributed by atoms with Crippen LogP contribution in [0.2, 0.25) is 0 Å². The van der Waals surface area contributed by atoms with Gasteiger partial charge in [0.05, 0.1) is 13.2 Å². The Bertz CT molecular complexity index is 560. The van der Waals surface area contributed by atoms with Crippen molar-refractivity contribution >= 4 is 17.7 Å². The lowest BCUT2D eigenvalue weighted by Crippen LogP contribution is -2.37. The molecule has 6 heteroatoms. The van der Waals surface area contributed by atoms with E-state index in [0.717, 1.165) is 48.8 Å². The van der Waals surface area contributed by atoms with Crippen LogP contribution < -0.4 is 20.1 Å². The van der Waals surface area contributed by atoms with E-state index in [2.05, 4.69) is 27.9 Å². The molecule has 1 fully saturated rings. The smallest absolute Gasteiger partial charge is 0.191 e. The fourth-order valence-electron chi connectivity index (χ4n) is 3.15. The topological polar surface area (TPSA) is 54.9 Å². The number of nitrogens with zero attached hydrogens (tertiary/aromatic N) is 1. The first-order valence-corrected chi connectivity index (χ1v) is 10.9. The highest BCUT2D eigenvalue weighted by atomic mass is 32.2. The minimum absolute atomic E-state index is 0.305. The first kappa shape index (κ1) is 20.7. The number of nitrogens with one attached hydrogen (secondary N) is 2. The van der Waals surface area contributed by atoms with Crippen molar-refractivity contribution in [3.8, 4) is 11.5 Å². The number of guanidine groups is 1. The molecule has 0 atom stereocenters. The van der Waals surface area contributed by atoms with Crippen molar-refractivity contribution in [2.45, 2.75) is 51.2 Å². The molecule has 0 aliphatic heterocycles. The second-order valence-corrected chi connectivity index (χ2v) is 7.51. The zero-order valence-corrected chi connectivity index (χ0v) is 17.2. The van der Waals surface area contributed by atoms with E-state index < -0.39 is 0 Å². The summed E-state index contributed by atoms with van der Waals surface area (Å²) in [5, 5.41) is 6.77. The van der Waals surface area contributed by atoms with Gasteiger partial charge < -0.3 is 20.1 Å². The minimum atomic E-state index is 0.305. The Balaban J connectivity index is 1.92. The number of hydrogen-bond donors (Lipinski definition) is 2. The van der Waals surface area contributed by atoms with Gasteiger partial charge in [0, 0.05) is 25.7 Å². The van der Waals surface area contributed by atoms with Crippen LogP contribution in [0.4, 0.5) is 0 Å². The lowest BCUT2D eigenvalue weighted by atomic mass is 10.1. The molecule has 1 aliphatic carbocycles. The van der Waals surface area contributed by atoms with Crippen molar-refractivity contribution in [1.29, 1.82) is 0 Å². The zero-order valence-electron chi connectivity index (χ0n) is 16.3. The minimum Gasteiger partial charge on any atom is -0.493 e. The van der Waals surface area contributed by atoms with Crippen LogP contribution in [0.15, 0.2) is 23.2 Å². The van der Waals surface area contributed by atoms with E-state index in [1.54, 1.807) is 14.2 Å². The summed E-state index contributed by atoms with van der Waals surface area (Å²) in [4.78, 5) is 4.31. The predicted octanol–water partition coefficient (Wildman–Crippen LogP) is 3.82. The summed E-state index contributed by atoms with van der Waals surface area (Å²) in [7, 11) is 3.50. The molecule has 2 N–H and O–H groups in total. The number of para-hydroxylation sites is 1. The molecule has 0 saturated heterocycles. The van der Waals surface area contributed by atoms with Gasteiger partial charge in [-0.3, -0.25) is 4.99 Å². The molecule has 0 aromatic heterocycles. The van der Waals surface area contributed by atoms with Gasteiger partial charge in [0.1, 0.15) is 0 Å². The highest BCUT2D eigenvalue weighted by molar-refractivity contribution is 7.98. The highest BCUT2D eigenvalue weighted by Crippen LogP contribution is 2.34. The molecular weight excluding hydrogens is 346 g/mol. The number of hydrogen-bond acceptors (Lipinski definition) is 4. The number of unbranched alkanes of at least 4 members (excludes halogenated alkanes) is 1. The van der Waals surface area contributed by atoms with Crippen LogP contribution in [0.1, 0.15) is 44.1 Å². The normalized spacial score (nSPS) is 15.1. The maximum absolute atomic E-state index is 6.29. The first-order chi connectivity index (χ1) is 12.8. The van der Waals surface area contributed by atoms with Gasteiger partial charge in [-0.05, 0) is 56.6 Å². The van der Waals surface area contributed by atoms with Crippen molar-refractivity contribution < 1.29 is 9.47 Å². The lowest BCUT2D eigenvalue weighted by molar-refractivity contribution is 0.198. The Kier molecular flexibility index (Phi) is 9.53. The summed E-state index contributed by atoms with van der Waals surface area (Å²) >= 11 is 1.89. The number of benzene rings is 1. The van der Waals surface area contributed by atoms with Crippen LogP contribution in [-0.4, -0.2) is 44.8 Å². The van der Waals surface area contributed by atoms with Crippen LogP contribution in [0.5, 0.6) is 11.5 Å². The molecule has 0 amide bonds. The van der Waals surface area contributed by atoms with E-state index >= 15 is 0 Å². The Morgan fingerprint density at radius 3 is 2.73 bits per heavy atom. The van der Waals surface area contributed by atoms with Crippen LogP contribution in [0.25, 0.3) is 0 Å². The van der Waals surface area contributed by atoms with Gasteiger partial charge in [-0.1, -0.05) is 12.1 Å². The molecule has 1 aromatic carbocycles. The monoisotopic (exact) mass is 379 g/mol. The Morgan fingerprint density at radius 2 is 2.04 bits per heavy atom. The van der Waals surface area contributed by atoms with Crippen molar-refractivity contribution in [2.75, 3.05) is 32.7 Å². The van der Waals surface area contributed by atoms with Crippen LogP contribution in [0, 0.1) is 0 Å². The van der Waals surface area contributed by atoms with Gasteiger partial charge in [0.2, 0.25) is 0 Å². The molecule has 26 heavy (non-hydrogen) atoms. The molecule has 2 rings (SSSR count). The molecule has 0 spiro atoms. The van der Waals surface area contributed by atoms with Gasteiger partial charge in [-0.25, -0.2) is 0 Å². The van der Waals surface area contributed by atoms with Gasteiger partial charge >= 0.3 is 0 Å². The summed E-state index contributed by atoms with van der Waals surface area (Å²) in [6.45, 7) is 1.59. The predicted molar refractivity (Wildman–Crippen MR) is 112 cm³/mol. The van der Waals surface area contributed by atoms with E-state index in [4.69, 9.17) is 9.47 Å². The fraction of sp³-hybridized carbons (Fsp3) is 0.650. The number of thioether (sulfide) groups is 1. The van der Waals surface area contributed by atoms with E-state index in [1.165, 1.54) is 25.0 Å². The summed E-state index contributed by atoms with van der Waals surface area (Å²) in [6.07, 6.45) is 9.58. The average molecular weight is 380 g/mol. The number of aliphatic imine (C=N–C) groups is 1. The summed E-state index contributed by atoms with van der Waals surface area (Å²) in [6, 6.07) is 6.06. The van der Waals surface area contributed by atoms with E-state index in [0.29, 0.717) is 12.6 Å².